The van der Waals surface area contributed by atoms with Gasteiger partial charge in [-0.1, -0.05) is 24.3 Å². The Hall–Kier alpha value is -2.75. The SMILES string of the molecule is Cc1cc(-c2ccc(-c3c(N)c(=O)c3=O)cc2)ccn1. The molecule has 0 radical (unpaired) electrons. The molecule has 1 aromatic heterocycles. The molecule has 0 aliphatic carbocycles. The molecule has 98 valence electrons. The normalized spacial score (nSPS) is 10.8. The highest BCUT2D eigenvalue weighted by Gasteiger charge is 2.19. The predicted octanol–water partition coefficient (Wildman–Crippen LogP) is 1.90. The van der Waals surface area contributed by atoms with E-state index in [0.717, 1.165) is 16.8 Å². The Morgan fingerprint density at radius 1 is 0.900 bits per heavy atom. The van der Waals surface area contributed by atoms with Crippen molar-refractivity contribution in [1.29, 1.82) is 0 Å². The lowest BCUT2D eigenvalue weighted by molar-refractivity contribution is 1.20. The van der Waals surface area contributed by atoms with Crippen molar-refractivity contribution in [3.63, 3.8) is 0 Å². The van der Waals surface area contributed by atoms with E-state index in [4.69, 9.17) is 5.73 Å². The van der Waals surface area contributed by atoms with E-state index in [1.54, 1.807) is 18.3 Å². The quantitative estimate of drug-likeness (QED) is 0.717. The second-order valence-corrected chi connectivity index (χ2v) is 4.71. The van der Waals surface area contributed by atoms with Gasteiger partial charge in [0, 0.05) is 11.9 Å². The molecule has 2 N–H and O–H groups in total. The average Bonchev–Trinajstić information content (AvgIpc) is 2.48. The fraction of sp³-hybridized carbons (Fsp3) is 0.0625. The molecule has 3 rings (SSSR count). The van der Waals surface area contributed by atoms with Crippen molar-refractivity contribution in [3.05, 3.63) is 68.7 Å². The highest BCUT2D eigenvalue weighted by Crippen LogP contribution is 2.25. The molecular weight excluding hydrogens is 252 g/mol. The molecule has 0 aliphatic rings. The molecule has 0 unspecified atom stereocenters. The van der Waals surface area contributed by atoms with Gasteiger partial charge >= 0.3 is 0 Å². The van der Waals surface area contributed by atoms with Gasteiger partial charge in [-0.2, -0.15) is 0 Å². The molecule has 0 amide bonds. The summed E-state index contributed by atoms with van der Waals surface area (Å²) in [6.07, 6.45) is 1.76. The minimum atomic E-state index is -0.589. The first-order valence-electron chi connectivity index (χ1n) is 6.20. The highest BCUT2D eigenvalue weighted by molar-refractivity contribution is 5.81. The summed E-state index contributed by atoms with van der Waals surface area (Å²) < 4.78 is 0. The fourth-order valence-corrected chi connectivity index (χ4v) is 2.25. The molecule has 1 heterocycles. The van der Waals surface area contributed by atoms with Crippen LogP contribution in [0.25, 0.3) is 22.3 Å². The third kappa shape index (κ3) is 1.82. The molecule has 20 heavy (non-hydrogen) atoms. The van der Waals surface area contributed by atoms with Crippen LogP contribution in [0.5, 0.6) is 0 Å². The number of anilines is 1. The Morgan fingerprint density at radius 3 is 2.15 bits per heavy atom. The van der Waals surface area contributed by atoms with Crippen LogP contribution in [0.3, 0.4) is 0 Å². The van der Waals surface area contributed by atoms with Crippen molar-refractivity contribution >= 4 is 5.69 Å². The fourth-order valence-electron chi connectivity index (χ4n) is 2.25. The zero-order chi connectivity index (χ0) is 14.3. The molecule has 0 atom stereocenters. The van der Waals surface area contributed by atoms with Crippen LogP contribution in [0, 0.1) is 6.92 Å². The van der Waals surface area contributed by atoms with E-state index in [0.29, 0.717) is 11.1 Å². The lowest BCUT2D eigenvalue weighted by Crippen LogP contribution is -2.35. The summed E-state index contributed by atoms with van der Waals surface area (Å²) in [5.41, 5.74) is 8.56. The van der Waals surface area contributed by atoms with E-state index in [9.17, 15) is 9.59 Å². The van der Waals surface area contributed by atoms with Crippen LogP contribution in [0.15, 0.2) is 52.2 Å². The Kier molecular flexibility index (Phi) is 2.71. The van der Waals surface area contributed by atoms with Crippen molar-refractivity contribution in [3.8, 4) is 22.3 Å². The van der Waals surface area contributed by atoms with Gasteiger partial charge in [0.25, 0.3) is 0 Å². The standard InChI is InChI=1S/C16H12N2O2/c1-9-8-12(6-7-18-9)10-2-4-11(5-3-10)13-14(17)16(20)15(13)19/h2-8H,17H2,1H3. The third-order valence-electron chi connectivity index (χ3n) is 3.35. The molecule has 4 nitrogen and oxygen atoms in total. The predicted molar refractivity (Wildman–Crippen MR) is 79.2 cm³/mol. The lowest BCUT2D eigenvalue weighted by atomic mass is 9.96. The first kappa shape index (κ1) is 12.3. The number of nitrogens with two attached hydrogens (primary N) is 1. The van der Waals surface area contributed by atoms with Gasteiger partial charge in [-0.05, 0) is 35.7 Å². The Bertz CT molecular complexity index is 857. The Morgan fingerprint density at radius 2 is 1.55 bits per heavy atom. The summed E-state index contributed by atoms with van der Waals surface area (Å²) >= 11 is 0. The number of benzene rings is 1. The number of rotatable bonds is 2. The van der Waals surface area contributed by atoms with E-state index in [1.807, 2.05) is 31.2 Å². The number of hydrogen-bond acceptors (Lipinski definition) is 4. The topological polar surface area (TPSA) is 73.1 Å². The second-order valence-electron chi connectivity index (χ2n) is 4.71. The zero-order valence-electron chi connectivity index (χ0n) is 10.9. The molecule has 4 heteroatoms. The molecule has 0 saturated heterocycles. The molecule has 0 fully saturated rings. The number of hydrogen-bond donors (Lipinski definition) is 1. The molecule has 3 aromatic rings. The lowest BCUT2D eigenvalue weighted by Gasteiger charge is -2.08. The van der Waals surface area contributed by atoms with E-state index in [1.165, 1.54) is 0 Å². The summed E-state index contributed by atoms with van der Waals surface area (Å²) in [4.78, 5) is 26.8. The average molecular weight is 264 g/mol. The smallest absolute Gasteiger partial charge is 0.249 e. The van der Waals surface area contributed by atoms with Gasteiger partial charge in [0.2, 0.25) is 10.9 Å². The van der Waals surface area contributed by atoms with Crippen molar-refractivity contribution in [2.24, 2.45) is 0 Å². The second kappa shape index (κ2) is 4.42. The van der Waals surface area contributed by atoms with Crippen molar-refractivity contribution in [2.75, 3.05) is 5.73 Å². The minimum absolute atomic E-state index is 0.0579. The Labute approximate surface area is 115 Å². The number of aromatic nitrogens is 1. The molecule has 0 spiro atoms. The van der Waals surface area contributed by atoms with E-state index < -0.39 is 10.9 Å². The Balaban J connectivity index is 2.01. The van der Waals surface area contributed by atoms with E-state index >= 15 is 0 Å². The molecule has 2 aromatic carbocycles. The van der Waals surface area contributed by atoms with Gasteiger partial charge in [0.05, 0.1) is 11.3 Å². The van der Waals surface area contributed by atoms with Crippen LogP contribution in [0.1, 0.15) is 5.69 Å². The van der Waals surface area contributed by atoms with Gasteiger partial charge in [-0.25, -0.2) is 0 Å². The number of nitrogen functional groups attached to an aromatic ring is 1. The van der Waals surface area contributed by atoms with E-state index in [2.05, 4.69) is 4.98 Å². The summed E-state index contributed by atoms with van der Waals surface area (Å²) in [6, 6.07) is 11.3. The molecular formula is C16H12N2O2. The summed E-state index contributed by atoms with van der Waals surface area (Å²) in [5.74, 6) is 0. The maximum absolute atomic E-state index is 11.5. The largest absolute Gasteiger partial charge is 0.395 e. The first-order chi connectivity index (χ1) is 9.58. The third-order valence-corrected chi connectivity index (χ3v) is 3.35. The van der Waals surface area contributed by atoms with Crippen LogP contribution in [0.4, 0.5) is 5.69 Å². The maximum Gasteiger partial charge on any atom is 0.249 e. The van der Waals surface area contributed by atoms with Crippen LogP contribution >= 0.6 is 0 Å². The number of aryl methyl sites for hydroxylation is 1. The van der Waals surface area contributed by atoms with Gasteiger partial charge in [0.15, 0.2) is 0 Å². The summed E-state index contributed by atoms with van der Waals surface area (Å²) in [5, 5.41) is 0. The van der Waals surface area contributed by atoms with Crippen LogP contribution in [0.2, 0.25) is 0 Å². The highest BCUT2D eigenvalue weighted by atomic mass is 16.2. The van der Waals surface area contributed by atoms with Crippen LogP contribution in [-0.2, 0) is 0 Å². The number of nitrogens with zero attached hydrogens (tertiary/aromatic N) is 1. The van der Waals surface area contributed by atoms with Crippen LogP contribution < -0.4 is 16.6 Å². The molecule has 0 aliphatic heterocycles. The monoisotopic (exact) mass is 264 g/mol. The zero-order valence-corrected chi connectivity index (χ0v) is 10.9. The summed E-state index contributed by atoms with van der Waals surface area (Å²) in [6.45, 7) is 1.93. The van der Waals surface area contributed by atoms with Gasteiger partial charge < -0.3 is 5.73 Å². The van der Waals surface area contributed by atoms with Crippen LogP contribution in [-0.4, -0.2) is 4.98 Å². The van der Waals surface area contributed by atoms with Gasteiger partial charge in [0.1, 0.15) is 0 Å². The van der Waals surface area contributed by atoms with Crippen molar-refractivity contribution in [2.45, 2.75) is 6.92 Å². The minimum Gasteiger partial charge on any atom is -0.395 e. The van der Waals surface area contributed by atoms with Gasteiger partial charge in [-0.3, -0.25) is 14.6 Å². The number of pyridine rings is 1. The van der Waals surface area contributed by atoms with Gasteiger partial charge in [-0.15, -0.1) is 0 Å². The maximum atomic E-state index is 11.5. The van der Waals surface area contributed by atoms with Crippen molar-refractivity contribution < 1.29 is 0 Å². The molecule has 0 bridgehead atoms. The van der Waals surface area contributed by atoms with E-state index in [-0.39, 0.29) is 5.69 Å². The van der Waals surface area contributed by atoms with Crippen molar-refractivity contribution in [1.82, 2.24) is 4.98 Å². The molecule has 0 saturated carbocycles. The first-order valence-corrected chi connectivity index (χ1v) is 6.20. The summed E-state index contributed by atoms with van der Waals surface area (Å²) in [7, 11) is 0.